The summed E-state index contributed by atoms with van der Waals surface area (Å²) in [5, 5.41) is 3.27. The number of rotatable bonds is 5. The largest absolute Gasteiger partial charge is 0.317 e. The number of hydrogen-bond acceptors (Lipinski definition) is 2. The molecule has 1 fully saturated rings. The van der Waals surface area contributed by atoms with Crippen LogP contribution < -0.4 is 5.32 Å². The molecule has 0 aromatic heterocycles. The second-order valence-corrected chi connectivity index (χ2v) is 6.54. The van der Waals surface area contributed by atoms with Crippen LogP contribution in [0.3, 0.4) is 0 Å². The van der Waals surface area contributed by atoms with Crippen LogP contribution >= 0.6 is 0 Å². The molecule has 0 heterocycles. The molecule has 1 aliphatic carbocycles. The van der Waals surface area contributed by atoms with Gasteiger partial charge in [-0.3, -0.25) is 4.21 Å². The van der Waals surface area contributed by atoms with Gasteiger partial charge in [0, 0.05) is 17.9 Å². The Bertz CT molecular complexity index is 467. The van der Waals surface area contributed by atoms with Crippen molar-refractivity contribution in [2.45, 2.75) is 36.6 Å². The highest BCUT2D eigenvalue weighted by Crippen LogP contribution is 2.29. The van der Waals surface area contributed by atoms with Crippen LogP contribution in [0, 0.1) is 17.6 Å². The third-order valence-electron chi connectivity index (χ3n) is 3.84. The molecule has 0 amide bonds. The summed E-state index contributed by atoms with van der Waals surface area (Å²) in [6, 6.07) is 3.71. The standard InChI is InChI=1S/C14H19F2NOS/c1-17-13-4-2-3-10(13)7-8-19(18)14-6-5-11(15)9-12(14)16/h5-6,9-10,13,17H,2-4,7-8H2,1H3. The lowest BCUT2D eigenvalue weighted by Crippen LogP contribution is -2.29. The first-order valence-corrected chi connectivity index (χ1v) is 7.94. The van der Waals surface area contributed by atoms with Gasteiger partial charge in [0.1, 0.15) is 11.6 Å². The van der Waals surface area contributed by atoms with Gasteiger partial charge >= 0.3 is 0 Å². The van der Waals surface area contributed by atoms with E-state index in [-0.39, 0.29) is 4.90 Å². The molecular formula is C14H19F2NOS. The first kappa shape index (κ1) is 14.6. The van der Waals surface area contributed by atoms with E-state index in [4.69, 9.17) is 0 Å². The van der Waals surface area contributed by atoms with Crippen molar-refractivity contribution in [2.75, 3.05) is 12.8 Å². The van der Waals surface area contributed by atoms with E-state index in [1.807, 2.05) is 7.05 Å². The molecule has 3 atom stereocenters. The van der Waals surface area contributed by atoms with Crippen molar-refractivity contribution in [3.63, 3.8) is 0 Å². The minimum absolute atomic E-state index is 0.111. The van der Waals surface area contributed by atoms with Gasteiger partial charge in [-0.2, -0.15) is 0 Å². The smallest absolute Gasteiger partial charge is 0.142 e. The Morgan fingerprint density at radius 3 is 2.84 bits per heavy atom. The zero-order valence-corrected chi connectivity index (χ0v) is 11.8. The van der Waals surface area contributed by atoms with Gasteiger partial charge in [-0.15, -0.1) is 0 Å². The Balaban J connectivity index is 1.94. The number of nitrogens with one attached hydrogen (secondary N) is 1. The quantitative estimate of drug-likeness (QED) is 0.902. The van der Waals surface area contributed by atoms with Gasteiger partial charge in [0.05, 0.1) is 15.7 Å². The van der Waals surface area contributed by atoms with Crippen LogP contribution in [0.4, 0.5) is 8.78 Å². The average molecular weight is 287 g/mol. The molecule has 0 saturated heterocycles. The summed E-state index contributed by atoms with van der Waals surface area (Å²) < 4.78 is 38.3. The van der Waals surface area contributed by atoms with Gasteiger partial charge in [-0.1, -0.05) is 6.42 Å². The van der Waals surface area contributed by atoms with Crippen molar-refractivity contribution >= 4 is 10.8 Å². The fraction of sp³-hybridized carbons (Fsp3) is 0.571. The molecule has 1 aliphatic rings. The molecule has 2 nitrogen and oxygen atoms in total. The van der Waals surface area contributed by atoms with E-state index in [1.54, 1.807) is 0 Å². The fourth-order valence-corrected chi connectivity index (χ4v) is 4.02. The van der Waals surface area contributed by atoms with Crippen molar-refractivity contribution in [1.82, 2.24) is 5.32 Å². The molecule has 5 heteroatoms. The maximum absolute atomic E-state index is 13.5. The van der Waals surface area contributed by atoms with E-state index in [0.717, 1.165) is 31.4 Å². The molecule has 0 radical (unpaired) electrons. The molecule has 1 saturated carbocycles. The Kier molecular flexibility index (Phi) is 5.05. The molecule has 19 heavy (non-hydrogen) atoms. The number of hydrogen-bond donors (Lipinski definition) is 1. The highest BCUT2D eigenvalue weighted by Gasteiger charge is 2.26. The van der Waals surface area contributed by atoms with Crippen LogP contribution in [0.5, 0.6) is 0 Å². The Labute approximate surface area is 115 Å². The summed E-state index contributed by atoms with van der Waals surface area (Å²) in [6.07, 6.45) is 4.29. The van der Waals surface area contributed by atoms with E-state index in [0.29, 0.717) is 17.7 Å². The van der Waals surface area contributed by atoms with Crippen molar-refractivity contribution < 1.29 is 13.0 Å². The molecule has 3 unspecified atom stereocenters. The van der Waals surface area contributed by atoms with E-state index in [9.17, 15) is 13.0 Å². The SMILES string of the molecule is CNC1CCCC1CCS(=O)c1ccc(F)cc1F. The van der Waals surface area contributed by atoms with E-state index in [1.165, 1.54) is 12.5 Å². The van der Waals surface area contributed by atoms with Gasteiger partial charge in [0.25, 0.3) is 0 Å². The molecule has 0 bridgehead atoms. The third kappa shape index (κ3) is 3.60. The molecule has 1 N–H and O–H groups in total. The normalized spacial score (nSPS) is 24.6. The summed E-state index contributed by atoms with van der Waals surface area (Å²) >= 11 is 0. The van der Waals surface area contributed by atoms with Crippen LogP contribution in [-0.4, -0.2) is 23.1 Å². The zero-order chi connectivity index (χ0) is 13.8. The van der Waals surface area contributed by atoms with Gasteiger partial charge in [0.15, 0.2) is 0 Å². The van der Waals surface area contributed by atoms with Crippen molar-refractivity contribution in [3.8, 4) is 0 Å². The highest BCUT2D eigenvalue weighted by molar-refractivity contribution is 7.85. The Morgan fingerprint density at radius 2 is 2.16 bits per heavy atom. The lowest BCUT2D eigenvalue weighted by molar-refractivity contribution is 0.416. The van der Waals surface area contributed by atoms with Crippen LogP contribution in [0.2, 0.25) is 0 Å². The zero-order valence-electron chi connectivity index (χ0n) is 11.0. The van der Waals surface area contributed by atoms with Gasteiger partial charge in [0.2, 0.25) is 0 Å². The summed E-state index contributed by atoms with van der Waals surface area (Å²) in [4.78, 5) is 0.111. The van der Waals surface area contributed by atoms with Crippen molar-refractivity contribution in [2.24, 2.45) is 5.92 Å². The summed E-state index contributed by atoms with van der Waals surface area (Å²) in [7, 11) is 0.558. The third-order valence-corrected chi connectivity index (χ3v) is 5.27. The lowest BCUT2D eigenvalue weighted by atomic mass is 10.0. The molecule has 0 aliphatic heterocycles. The molecular weight excluding hydrogens is 268 g/mol. The monoisotopic (exact) mass is 287 g/mol. The molecule has 106 valence electrons. The predicted octanol–water partition coefficient (Wildman–Crippen LogP) is 2.85. The van der Waals surface area contributed by atoms with Gasteiger partial charge in [-0.05, 0) is 44.4 Å². The van der Waals surface area contributed by atoms with Gasteiger partial charge < -0.3 is 5.32 Å². The second-order valence-electron chi connectivity index (χ2n) is 5.00. The molecule has 1 aromatic rings. The summed E-state index contributed by atoms with van der Waals surface area (Å²) in [5.74, 6) is -0.401. The van der Waals surface area contributed by atoms with Crippen LogP contribution in [-0.2, 0) is 10.8 Å². The minimum atomic E-state index is -1.39. The first-order valence-electron chi connectivity index (χ1n) is 6.62. The van der Waals surface area contributed by atoms with Crippen molar-refractivity contribution in [3.05, 3.63) is 29.8 Å². The average Bonchev–Trinajstić information content (AvgIpc) is 2.83. The maximum Gasteiger partial charge on any atom is 0.142 e. The minimum Gasteiger partial charge on any atom is -0.317 e. The topological polar surface area (TPSA) is 29.1 Å². The maximum atomic E-state index is 13.5. The molecule has 0 spiro atoms. The number of halogens is 2. The van der Waals surface area contributed by atoms with E-state index >= 15 is 0 Å². The van der Waals surface area contributed by atoms with Crippen LogP contribution in [0.1, 0.15) is 25.7 Å². The lowest BCUT2D eigenvalue weighted by Gasteiger charge is -2.18. The van der Waals surface area contributed by atoms with Crippen LogP contribution in [0.15, 0.2) is 23.1 Å². The second kappa shape index (κ2) is 6.57. The van der Waals surface area contributed by atoms with Crippen molar-refractivity contribution in [1.29, 1.82) is 0 Å². The Hall–Kier alpha value is -0.810. The number of benzene rings is 1. The van der Waals surface area contributed by atoms with Crippen LogP contribution in [0.25, 0.3) is 0 Å². The Morgan fingerprint density at radius 1 is 1.37 bits per heavy atom. The summed E-state index contributed by atoms with van der Waals surface area (Å²) in [5.41, 5.74) is 0. The summed E-state index contributed by atoms with van der Waals surface area (Å²) in [6.45, 7) is 0. The highest BCUT2D eigenvalue weighted by atomic mass is 32.2. The molecule has 1 aromatic carbocycles. The molecule has 2 rings (SSSR count). The first-order chi connectivity index (χ1) is 9.11. The van der Waals surface area contributed by atoms with E-state index in [2.05, 4.69) is 5.32 Å². The fourth-order valence-electron chi connectivity index (χ4n) is 2.79. The van der Waals surface area contributed by atoms with Gasteiger partial charge in [-0.25, -0.2) is 8.78 Å². The van der Waals surface area contributed by atoms with E-state index < -0.39 is 22.4 Å². The predicted molar refractivity (Wildman–Crippen MR) is 72.4 cm³/mol.